The van der Waals surface area contributed by atoms with Crippen molar-refractivity contribution in [1.29, 1.82) is 0 Å². The highest BCUT2D eigenvalue weighted by atomic mass is 35.5. The number of rotatable bonds is 7. The quantitative estimate of drug-likeness (QED) is 0.759. The van der Waals surface area contributed by atoms with Crippen LogP contribution in [0.5, 0.6) is 11.5 Å². The van der Waals surface area contributed by atoms with E-state index in [1.165, 1.54) is 0 Å². The largest absolute Gasteiger partial charge is 0.454 e. The smallest absolute Gasteiger partial charge is 0.231 e. The van der Waals surface area contributed by atoms with E-state index in [-0.39, 0.29) is 12.7 Å². The third-order valence-electron chi connectivity index (χ3n) is 3.05. The highest BCUT2D eigenvalue weighted by Gasteiger charge is 2.18. The molecule has 2 N–H and O–H groups in total. The average Bonchev–Trinajstić information content (AvgIpc) is 2.90. The molecular weight excluding hydrogens is 292 g/mol. The topological polar surface area (TPSA) is 59.6 Å². The molecule has 1 aromatic carbocycles. The van der Waals surface area contributed by atoms with Crippen LogP contribution in [0.1, 0.15) is 25.8 Å². The van der Waals surface area contributed by atoms with Gasteiger partial charge in [-0.1, -0.05) is 25.4 Å². The summed E-state index contributed by atoms with van der Waals surface area (Å²) in [7, 11) is 0. The Kier molecular flexibility index (Phi) is 5.70. The molecule has 0 bridgehead atoms. The lowest BCUT2D eigenvalue weighted by Crippen LogP contribution is -2.30. The maximum atomic E-state index is 11.6. The molecule has 0 atom stereocenters. The second kappa shape index (κ2) is 7.52. The van der Waals surface area contributed by atoms with Crippen molar-refractivity contribution in [3.63, 3.8) is 0 Å². The molecule has 0 saturated carbocycles. The first-order valence-electron chi connectivity index (χ1n) is 7.11. The van der Waals surface area contributed by atoms with Crippen molar-refractivity contribution >= 4 is 17.5 Å². The van der Waals surface area contributed by atoms with Crippen LogP contribution >= 0.6 is 11.6 Å². The summed E-state index contributed by atoms with van der Waals surface area (Å²) < 4.78 is 10.6. The van der Waals surface area contributed by atoms with Gasteiger partial charge in [0.25, 0.3) is 0 Å². The third kappa shape index (κ3) is 4.79. The van der Waals surface area contributed by atoms with Gasteiger partial charge >= 0.3 is 0 Å². The Morgan fingerprint density at radius 2 is 2.19 bits per heavy atom. The predicted molar refractivity (Wildman–Crippen MR) is 81.7 cm³/mol. The van der Waals surface area contributed by atoms with Crippen molar-refractivity contribution in [3.05, 3.63) is 22.7 Å². The van der Waals surface area contributed by atoms with E-state index in [2.05, 4.69) is 24.5 Å². The molecule has 1 heterocycles. The first-order chi connectivity index (χ1) is 10.1. The van der Waals surface area contributed by atoms with Crippen LogP contribution in [0.4, 0.5) is 0 Å². The molecule has 1 aliphatic heterocycles. The second-order valence-electron chi connectivity index (χ2n) is 5.44. The second-order valence-corrected chi connectivity index (χ2v) is 5.84. The van der Waals surface area contributed by atoms with Gasteiger partial charge in [0, 0.05) is 26.1 Å². The van der Waals surface area contributed by atoms with Gasteiger partial charge in [-0.15, -0.1) is 0 Å². The molecule has 6 heteroatoms. The fraction of sp³-hybridized carbons (Fsp3) is 0.533. The van der Waals surface area contributed by atoms with Gasteiger partial charge in [-0.25, -0.2) is 0 Å². The standard InChI is InChI=1S/C15H21ClN2O3/c1-10(2)7-18-14(19)3-4-17-8-11-5-12(16)15-13(6-11)20-9-21-15/h5-6,10,17H,3-4,7-9H2,1-2H3,(H,18,19). The summed E-state index contributed by atoms with van der Waals surface area (Å²) in [4.78, 5) is 11.6. The zero-order valence-electron chi connectivity index (χ0n) is 12.4. The molecule has 1 aromatic rings. The Morgan fingerprint density at radius 1 is 1.38 bits per heavy atom. The number of benzene rings is 1. The molecule has 116 valence electrons. The molecule has 2 rings (SSSR count). The van der Waals surface area contributed by atoms with Crippen LogP contribution in [0.15, 0.2) is 12.1 Å². The molecule has 0 spiro atoms. The minimum absolute atomic E-state index is 0.0694. The van der Waals surface area contributed by atoms with Crippen LogP contribution in [0.25, 0.3) is 0 Å². The van der Waals surface area contributed by atoms with Crippen LogP contribution in [0.3, 0.4) is 0 Å². The van der Waals surface area contributed by atoms with Gasteiger partial charge < -0.3 is 20.1 Å². The molecule has 0 fully saturated rings. The van der Waals surface area contributed by atoms with Crippen LogP contribution in [-0.4, -0.2) is 25.8 Å². The third-order valence-corrected chi connectivity index (χ3v) is 3.33. The summed E-state index contributed by atoms with van der Waals surface area (Å²) in [5, 5.41) is 6.66. The first kappa shape index (κ1) is 15.9. The van der Waals surface area contributed by atoms with Gasteiger partial charge in [-0.05, 0) is 23.6 Å². The van der Waals surface area contributed by atoms with Crippen molar-refractivity contribution in [2.45, 2.75) is 26.8 Å². The molecule has 0 saturated heterocycles. The maximum Gasteiger partial charge on any atom is 0.231 e. The van der Waals surface area contributed by atoms with E-state index >= 15 is 0 Å². The van der Waals surface area contributed by atoms with Gasteiger partial charge in [0.1, 0.15) is 0 Å². The summed E-state index contributed by atoms with van der Waals surface area (Å²) in [6.45, 7) is 6.33. The highest BCUT2D eigenvalue weighted by molar-refractivity contribution is 6.32. The van der Waals surface area contributed by atoms with E-state index < -0.39 is 0 Å². The Hall–Kier alpha value is -1.46. The lowest BCUT2D eigenvalue weighted by molar-refractivity contribution is -0.121. The van der Waals surface area contributed by atoms with Crippen molar-refractivity contribution in [3.8, 4) is 11.5 Å². The number of carbonyl (C=O) groups excluding carboxylic acids is 1. The van der Waals surface area contributed by atoms with E-state index in [0.29, 0.717) is 41.9 Å². The molecule has 1 amide bonds. The van der Waals surface area contributed by atoms with Crippen LogP contribution < -0.4 is 20.1 Å². The van der Waals surface area contributed by atoms with E-state index in [1.807, 2.05) is 12.1 Å². The maximum absolute atomic E-state index is 11.6. The van der Waals surface area contributed by atoms with E-state index in [1.54, 1.807) is 0 Å². The fourth-order valence-electron chi connectivity index (χ4n) is 1.96. The molecule has 0 aromatic heterocycles. The molecule has 1 aliphatic rings. The minimum Gasteiger partial charge on any atom is -0.454 e. The van der Waals surface area contributed by atoms with Crippen LogP contribution in [0, 0.1) is 5.92 Å². The van der Waals surface area contributed by atoms with Gasteiger partial charge in [0.15, 0.2) is 11.5 Å². The van der Waals surface area contributed by atoms with Crippen LogP contribution in [-0.2, 0) is 11.3 Å². The van der Waals surface area contributed by atoms with Gasteiger partial charge in [0.05, 0.1) is 5.02 Å². The van der Waals surface area contributed by atoms with Crippen molar-refractivity contribution < 1.29 is 14.3 Å². The number of hydrogen-bond acceptors (Lipinski definition) is 4. The molecule has 5 nitrogen and oxygen atoms in total. The number of fused-ring (bicyclic) bond motifs is 1. The summed E-state index contributed by atoms with van der Waals surface area (Å²) in [6.07, 6.45) is 0.463. The SMILES string of the molecule is CC(C)CNC(=O)CCNCc1cc(Cl)c2c(c1)OCO2. The van der Waals surface area contributed by atoms with E-state index in [0.717, 1.165) is 12.1 Å². The van der Waals surface area contributed by atoms with Crippen LogP contribution in [0.2, 0.25) is 5.02 Å². The van der Waals surface area contributed by atoms with Crippen molar-refractivity contribution in [2.24, 2.45) is 5.92 Å². The van der Waals surface area contributed by atoms with Crippen molar-refractivity contribution in [2.75, 3.05) is 19.9 Å². The number of hydrogen-bond donors (Lipinski definition) is 2. The number of carbonyl (C=O) groups is 1. The summed E-state index contributed by atoms with van der Waals surface area (Å²) >= 11 is 6.11. The van der Waals surface area contributed by atoms with E-state index in [9.17, 15) is 4.79 Å². The lowest BCUT2D eigenvalue weighted by atomic mass is 10.2. The lowest BCUT2D eigenvalue weighted by Gasteiger charge is -2.09. The Balaban J connectivity index is 1.72. The number of halogens is 1. The highest BCUT2D eigenvalue weighted by Crippen LogP contribution is 2.39. The monoisotopic (exact) mass is 312 g/mol. The predicted octanol–water partition coefficient (Wildman–Crippen LogP) is 2.32. The Labute approximate surface area is 130 Å². The number of amides is 1. The average molecular weight is 313 g/mol. The summed E-state index contributed by atoms with van der Waals surface area (Å²) in [5.41, 5.74) is 1.01. The Bertz CT molecular complexity index is 506. The van der Waals surface area contributed by atoms with E-state index in [4.69, 9.17) is 21.1 Å². The van der Waals surface area contributed by atoms with Gasteiger partial charge in [-0.3, -0.25) is 4.79 Å². The van der Waals surface area contributed by atoms with Gasteiger partial charge in [-0.2, -0.15) is 0 Å². The molecule has 0 unspecified atom stereocenters. The summed E-state index contributed by atoms with van der Waals surface area (Å²) in [6, 6.07) is 3.75. The zero-order valence-corrected chi connectivity index (χ0v) is 13.1. The number of ether oxygens (including phenoxy) is 2. The molecule has 0 radical (unpaired) electrons. The molecule has 21 heavy (non-hydrogen) atoms. The molecule has 0 aliphatic carbocycles. The fourth-order valence-corrected chi connectivity index (χ4v) is 2.25. The summed E-state index contributed by atoms with van der Waals surface area (Å²) in [5.74, 6) is 1.82. The van der Waals surface area contributed by atoms with Gasteiger partial charge in [0.2, 0.25) is 12.7 Å². The molecular formula is C15H21ClN2O3. The van der Waals surface area contributed by atoms with Crippen molar-refractivity contribution in [1.82, 2.24) is 10.6 Å². The normalized spacial score (nSPS) is 12.8. The number of nitrogens with one attached hydrogen (secondary N) is 2. The minimum atomic E-state index is 0.0694. The zero-order chi connectivity index (χ0) is 15.2. The first-order valence-corrected chi connectivity index (χ1v) is 7.49. The Morgan fingerprint density at radius 3 is 2.95 bits per heavy atom.